The Labute approximate surface area is 147 Å². The summed E-state index contributed by atoms with van der Waals surface area (Å²) in [5.41, 5.74) is 1.58. The lowest BCUT2D eigenvalue weighted by Crippen LogP contribution is -2.11. The van der Waals surface area contributed by atoms with Gasteiger partial charge in [0, 0.05) is 12.5 Å². The zero-order valence-corrected chi connectivity index (χ0v) is 14.5. The Morgan fingerprint density at radius 3 is 2.68 bits per heavy atom. The minimum Gasteiger partial charge on any atom is -0.494 e. The Kier molecular flexibility index (Phi) is 6.85. The lowest BCUT2D eigenvalue weighted by atomic mass is 10.2. The predicted octanol–water partition coefficient (Wildman–Crippen LogP) is 4.03. The number of esters is 1. The van der Waals surface area contributed by atoms with E-state index in [0.717, 1.165) is 11.3 Å². The van der Waals surface area contributed by atoms with Gasteiger partial charge in [-0.15, -0.1) is 0 Å². The average Bonchev–Trinajstić information content (AvgIpc) is 2.60. The first kappa shape index (κ1) is 18.3. The highest BCUT2D eigenvalue weighted by Gasteiger charge is 2.11. The summed E-state index contributed by atoms with van der Waals surface area (Å²) in [6.45, 7) is 4.68. The molecule has 0 unspecified atom stereocenters. The number of nitriles is 1. The van der Waals surface area contributed by atoms with Crippen molar-refractivity contribution in [2.75, 3.05) is 13.2 Å². The van der Waals surface area contributed by atoms with Crippen molar-refractivity contribution in [2.24, 2.45) is 0 Å². The lowest BCUT2D eigenvalue weighted by molar-refractivity contribution is -0.134. The van der Waals surface area contributed by atoms with Crippen molar-refractivity contribution in [3.8, 4) is 23.3 Å². The van der Waals surface area contributed by atoms with E-state index in [9.17, 15) is 4.79 Å². The molecule has 0 atom stereocenters. The van der Waals surface area contributed by atoms with Gasteiger partial charge in [0.2, 0.25) is 0 Å². The molecule has 0 spiro atoms. The smallest absolute Gasteiger partial charge is 0.311 e. The summed E-state index contributed by atoms with van der Waals surface area (Å²) >= 11 is 0. The van der Waals surface area contributed by atoms with Crippen molar-refractivity contribution >= 4 is 5.97 Å². The van der Waals surface area contributed by atoms with Gasteiger partial charge in [-0.25, -0.2) is 0 Å². The fraction of sp³-hybridized carbons (Fsp3) is 0.300. The van der Waals surface area contributed by atoms with E-state index < -0.39 is 0 Å². The largest absolute Gasteiger partial charge is 0.494 e. The molecule has 25 heavy (non-hydrogen) atoms. The fourth-order valence-electron chi connectivity index (χ4n) is 2.22. The number of carbonyl (C=O) groups is 1. The monoisotopic (exact) mass is 339 g/mol. The highest BCUT2D eigenvalue weighted by molar-refractivity contribution is 5.73. The van der Waals surface area contributed by atoms with E-state index >= 15 is 0 Å². The maximum Gasteiger partial charge on any atom is 0.311 e. The number of benzene rings is 2. The second-order valence-corrected chi connectivity index (χ2v) is 5.45. The molecule has 0 bridgehead atoms. The van der Waals surface area contributed by atoms with Gasteiger partial charge < -0.3 is 14.2 Å². The average molecular weight is 339 g/mol. The first-order chi connectivity index (χ1) is 12.1. The first-order valence-electron chi connectivity index (χ1n) is 8.19. The van der Waals surface area contributed by atoms with Gasteiger partial charge in [-0.1, -0.05) is 12.1 Å². The first-order valence-corrected chi connectivity index (χ1v) is 8.19. The molecule has 2 rings (SSSR count). The number of aryl methyl sites for hydroxylation is 1. The van der Waals surface area contributed by atoms with Crippen molar-refractivity contribution < 1.29 is 19.0 Å². The fourth-order valence-corrected chi connectivity index (χ4v) is 2.22. The van der Waals surface area contributed by atoms with Crippen LogP contribution in [-0.2, 0) is 4.79 Å². The zero-order valence-electron chi connectivity index (χ0n) is 14.5. The molecule has 0 heterocycles. The topological polar surface area (TPSA) is 68.5 Å². The molecule has 0 aliphatic carbocycles. The molecule has 0 aromatic heterocycles. The van der Waals surface area contributed by atoms with Gasteiger partial charge in [-0.3, -0.25) is 4.79 Å². The third-order valence-electron chi connectivity index (χ3n) is 3.38. The molecule has 0 saturated carbocycles. The summed E-state index contributed by atoms with van der Waals surface area (Å²) in [5, 5.41) is 8.93. The van der Waals surface area contributed by atoms with Crippen molar-refractivity contribution in [1.82, 2.24) is 0 Å². The predicted molar refractivity (Wildman–Crippen MR) is 93.9 cm³/mol. The molecule has 0 radical (unpaired) electrons. The van der Waals surface area contributed by atoms with Gasteiger partial charge in [0.05, 0.1) is 24.8 Å². The maximum atomic E-state index is 12.0. The molecule has 0 aliphatic heterocycles. The van der Waals surface area contributed by atoms with Gasteiger partial charge in [-0.2, -0.15) is 5.26 Å². The lowest BCUT2D eigenvalue weighted by Gasteiger charge is -2.11. The quantitative estimate of drug-likeness (QED) is 0.412. The summed E-state index contributed by atoms with van der Waals surface area (Å²) in [4.78, 5) is 12.0. The number of ether oxygens (including phenoxy) is 3. The van der Waals surface area contributed by atoms with Crippen LogP contribution in [-0.4, -0.2) is 19.2 Å². The Morgan fingerprint density at radius 1 is 1.12 bits per heavy atom. The molecule has 0 N–H and O–H groups in total. The van der Waals surface area contributed by atoms with Crippen molar-refractivity contribution in [3.05, 3.63) is 53.6 Å². The highest BCUT2D eigenvalue weighted by Crippen LogP contribution is 2.28. The van der Waals surface area contributed by atoms with Crippen LogP contribution in [0.1, 0.15) is 30.9 Å². The van der Waals surface area contributed by atoms with E-state index in [1.54, 1.807) is 18.2 Å². The molecule has 130 valence electrons. The second-order valence-electron chi connectivity index (χ2n) is 5.45. The molecule has 0 fully saturated rings. The Hall–Kier alpha value is -3.00. The number of rotatable bonds is 8. The normalized spacial score (nSPS) is 9.96. The van der Waals surface area contributed by atoms with E-state index in [0.29, 0.717) is 36.7 Å². The van der Waals surface area contributed by atoms with Crippen LogP contribution in [0.2, 0.25) is 0 Å². The van der Waals surface area contributed by atoms with Gasteiger partial charge >= 0.3 is 5.97 Å². The van der Waals surface area contributed by atoms with Gasteiger partial charge in [0.15, 0.2) is 11.5 Å². The van der Waals surface area contributed by atoms with Crippen molar-refractivity contribution in [3.63, 3.8) is 0 Å². The number of hydrogen-bond acceptors (Lipinski definition) is 5. The van der Waals surface area contributed by atoms with Crippen LogP contribution in [0, 0.1) is 18.3 Å². The van der Waals surface area contributed by atoms with Crippen LogP contribution >= 0.6 is 0 Å². The SMILES string of the molecule is CCOc1cc(C#N)ccc1OC(=O)CCCOc1cccc(C)c1. The minimum absolute atomic E-state index is 0.234. The van der Waals surface area contributed by atoms with Gasteiger partial charge in [-0.05, 0) is 50.1 Å². The Morgan fingerprint density at radius 2 is 1.96 bits per heavy atom. The molecule has 5 heteroatoms. The molecule has 2 aromatic carbocycles. The summed E-state index contributed by atoms with van der Waals surface area (Å²) in [6, 6.07) is 14.5. The minimum atomic E-state index is -0.362. The van der Waals surface area contributed by atoms with E-state index in [-0.39, 0.29) is 12.4 Å². The standard InChI is InChI=1S/C20H21NO4/c1-3-23-19-13-16(14-21)9-10-18(19)25-20(22)8-5-11-24-17-7-4-6-15(2)12-17/h4,6-7,9-10,12-13H,3,5,8,11H2,1-2H3. The molecule has 0 saturated heterocycles. The molecular formula is C20H21NO4. The van der Waals surface area contributed by atoms with E-state index in [1.807, 2.05) is 44.2 Å². The summed E-state index contributed by atoms with van der Waals surface area (Å²) in [7, 11) is 0. The second kappa shape index (κ2) is 9.33. The van der Waals surface area contributed by atoms with E-state index in [2.05, 4.69) is 0 Å². The number of nitrogens with zero attached hydrogens (tertiary/aromatic N) is 1. The van der Waals surface area contributed by atoms with Crippen LogP contribution in [0.3, 0.4) is 0 Å². The van der Waals surface area contributed by atoms with Crippen LogP contribution < -0.4 is 14.2 Å². The van der Waals surface area contributed by atoms with Crippen molar-refractivity contribution in [2.45, 2.75) is 26.7 Å². The van der Waals surface area contributed by atoms with Crippen LogP contribution in [0.25, 0.3) is 0 Å². The third-order valence-corrected chi connectivity index (χ3v) is 3.38. The van der Waals surface area contributed by atoms with E-state index in [1.165, 1.54) is 0 Å². The van der Waals surface area contributed by atoms with Crippen LogP contribution in [0.15, 0.2) is 42.5 Å². The van der Waals surface area contributed by atoms with Gasteiger partial charge in [0.1, 0.15) is 5.75 Å². The van der Waals surface area contributed by atoms with Crippen molar-refractivity contribution in [1.29, 1.82) is 5.26 Å². The highest BCUT2D eigenvalue weighted by atomic mass is 16.6. The molecular weight excluding hydrogens is 318 g/mol. The Balaban J connectivity index is 1.83. The summed E-state index contributed by atoms with van der Waals surface area (Å²) in [6.07, 6.45) is 0.782. The zero-order chi connectivity index (χ0) is 18.1. The van der Waals surface area contributed by atoms with Crippen LogP contribution in [0.4, 0.5) is 0 Å². The molecule has 0 aliphatic rings. The van der Waals surface area contributed by atoms with E-state index in [4.69, 9.17) is 19.5 Å². The van der Waals surface area contributed by atoms with Gasteiger partial charge in [0.25, 0.3) is 0 Å². The number of carbonyl (C=O) groups excluding carboxylic acids is 1. The van der Waals surface area contributed by atoms with Crippen LogP contribution in [0.5, 0.6) is 17.2 Å². The Bertz CT molecular complexity index is 765. The maximum absolute atomic E-state index is 12.0. The third kappa shape index (κ3) is 5.85. The molecule has 2 aromatic rings. The molecule has 5 nitrogen and oxygen atoms in total. The molecule has 0 amide bonds. The summed E-state index contributed by atoms with van der Waals surface area (Å²) in [5.74, 6) is 1.15. The number of hydrogen-bond donors (Lipinski definition) is 0. The summed E-state index contributed by atoms with van der Waals surface area (Å²) < 4.78 is 16.4.